The van der Waals surface area contributed by atoms with E-state index in [1.807, 2.05) is 30.5 Å². The van der Waals surface area contributed by atoms with Crippen LogP contribution in [0.5, 0.6) is 0 Å². The number of benzene rings is 1. The number of hydrogen-bond donors (Lipinski definition) is 1. The Morgan fingerprint density at radius 3 is 2.68 bits per heavy atom. The van der Waals surface area contributed by atoms with E-state index in [0.717, 1.165) is 16.0 Å². The predicted octanol–water partition coefficient (Wildman–Crippen LogP) is 2.32. The minimum atomic E-state index is -1.03. The maximum Gasteiger partial charge on any atom is 0.323 e. The molecule has 4 nitrogen and oxygen atoms in total. The molecule has 1 aromatic heterocycles. The van der Waals surface area contributed by atoms with Crippen molar-refractivity contribution in [1.82, 2.24) is 4.57 Å². The zero-order chi connectivity index (χ0) is 13.8. The van der Waals surface area contributed by atoms with E-state index in [0.29, 0.717) is 0 Å². The number of carboxylic acids is 1. The minimum absolute atomic E-state index is 0.312. The molecular formula is C14H13NO3S. The van der Waals surface area contributed by atoms with Crippen LogP contribution < -0.4 is 5.56 Å². The van der Waals surface area contributed by atoms with Gasteiger partial charge >= 0.3 is 5.97 Å². The van der Waals surface area contributed by atoms with Crippen LogP contribution in [-0.4, -0.2) is 21.9 Å². The van der Waals surface area contributed by atoms with Crippen LogP contribution in [-0.2, 0) is 11.3 Å². The molecule has 2 rings (SSSR count). The van der Waals surface area contributed by atoms with Crippen LogP contribution in [0.3, 0.4) is 0 Å². The molecule has 0 atom stereocenters. The average Bonchev–Trinajstić information content (AvgIpc) is 2.41. The van der Waals surface area contributed by atoms with Gasteiger partial charge < -0.3 is 9.67 Å². The smallest absolute Gasteiger partial charge is 0.323 e. The Morgan fingerprint density at radius 1 is 1.26 bits per heavy atom. The zero-order valence-corrected chi connectivity index (χ0v) is 11.2. The summed E-state index contributed by atoms with van der Waals surface area (Å²) in [4.78, 5) is 23.4. The van der Waals surface area contributed by atoms with Gasteiger partial charge in [-0.2, -0.15) is 0 Å². The molecule has 0 unspecified atom stereocenters. The van der Waals surface area contributed by atoms with Gasteiger partial charge in [0.2, 0.25) is 0 Å². The van der Waals surface area contributed by atoms with Gasteiger partial charge in [0.15, 0.2) is 0 Å². The van der Waals surface area contributed by atoms with Gasteiger partial charge in [0.05, 0.1) is 0 Å². The monoisotopic (exact) mass is 275 g/mol. The van der Waals surface area contributed by atoms with Gasteiger partial charge in [-0.05, 0) is 29.5 Å². The molecule has 0 saturated heterocycles. The Balaban J connectivity index is 2.51. The second-order valence-electron chi connectivity index (χ2n) is 3.98. The third-order valence-electron chi connectivity index (χ3n) is 2.71. The molecule has 0 radical (unpaired) electrons. The molecule has 0 fully saturated rings. The first-order valence-electron chi connectivity index (χ1n) is 5.67. The Hall–Kier alpha value is -2.01. The third kappa shape index (κ3) is 3.06. The van der Waals surface area contributed by atoms with E-state index in [4.69, 9.17) is 5.11 Å². The van der Waals surface area contributed by atoms with Gasteiger partial charge in [0.25, 0.3) is 5.56 Å². The summed E-state index contributed by atoms with van der Waals surface area (Å²) in [6.45, 7) is -0.325. The maximum absolute atomic E-state index is 11.6. The lowest BCUT2D eigenvalue weighted by Crippen LogP contribution is -2.22. The van der Waals surface area contributed by atoms with Crippen LogP contribution in [0.1, 0.15) is 0 Å². The molecule has 98 valence electrons. The number of hydrogen-bond acceptors (Lipinski definition) is 3. The highest BCUT2D eigenvalue weighted by Gasteiger charge is 2.07. The standard InChI is InChI=1S/C14H13NO3S/c1-19-12-5-3-2-4-11(12)10-6-7-13(16)15(8-10)9-14(17)18/h2-8H,9H2,1H3,(H,17,18). The molecule has 2 aromatic rings. The van der Waals surface area contributed by atoms with Crippen molar-refractivity contribution in [2.24, 2.45) is 0 Å². The van der Waals surface area contributed by atoms with Gasteiger partial charge in [0, 0.05) is 17.2 Å². The van der Waals surface area contributed by atoms with Crippen molar-refractivity contribution in [1.29, 1.82) is 0 Å². The summed E-state index contributed by atoms with van der Waals surface area (Å²) in [6.07, 6.45) is 3.57. The van der Waals surface area contributed by atoms with Crippen molar-refractivity contribution in [2.75, 3.05) is 6.26 Å². The van der Waals surface area contributed by atoms with Gasteiger partial charge in [-0.3, -0.25) is 9.59 Å². The summed E-state index contributed by atoms with van der Waals surface area (Å²) >= 11 is 1.61. The van der Waals surface area contributed by atoms with Crippen molar-refractivity contribution in [3.05, 3.63) is 52.9 Å². The zero-order valence-electron chi connectivity index (χ0n) is 10.4. The van der Waals surface area contributed by atoms with Crippen molar-refractivity contribution < 1.29 is 9.90 Å². The second-order valence-corrected chi connectivity index (χ2v) is 4.83. The van der Waals surface area contributed by atoms with E-state index in [1.54, 1.807) is 24.0 Å². The Morgan fingerprint density at radius 2 is 2.00 bits per heavy atom. The largest absolute Gasteiger partial charge is 0.480 e. The van der Waals surface area contributed by atoms with E-state index in [-0.39, 0.29) is 12.1 Å². The highest BCUT2D eigenvalue weighted by Crippen LogP contribution is 2.29. The first-order chi connectivity index (χ1) is 9.11. The number of pyridine rings is 1. The van der Waals surface area contributed by atoms with Gasteiger partial charge in [-0.1, -0.05) is 18.2 Å². The van der Waals surface area contributed by atoms with Crippen LogP contribution in [0.4, 0.5) is 0 Å². The number of nitrogens with zero attached hydrogens (tertiary/aromatic N) is 1. The molecule has 1 N–H and O–H groups in total. The van der Waals surface area contributed by atoms with Gasteiger partial charge in [-0.25, -0.2) is 0 Å². The Kier molecular flexibility index (Phi) is 4.06. The van der Waals surface area contributed by atoms with Crippen LogP contribution >= 0.6 is 11.8 Å². The normalized spacial score (nSPS) is 10.4. The fourth-order valence-electron chi connectivity index (χ4n) is 1.84. The first kappa shape index (κ1) is 13.4. The maximum atomic E-state index is 11.6. The average molecular weight is 275 g/mol. The van der Waals surface area contributed by atoms with Gasteiger partial charge in [0.1, 0.15) is 6.54 Å². The third-order valence-corrected chi connectivity index (χ3v) is 3.50. The van der Waals surface area contributed by atoms with E-state index in [1.165, 1.54) is 10.6 Å². The van der Waals surface area contributed by atoms with Crippen LogP contribution in [0.25, 0.3) is 11.1 Å². The summed E-state index contributed by atoms with van der Waals surface area (Å²) in [5.74, 6) is -1.03. The minimum Gasteiger partial charge on any atom is -0.480 e. The number of rotatable bonds is 4. The quantitative estimate of drug-likeness (QED) is 0.870. The van der Waals surface area contributed by atoms with E-state index < -0.39 is 5.97 Å². The molecule has 0 amide bonds. The highest BCUT2D eigenvalue weighted by molar-refractivity contribution is 7.98. The number of carbonyl (C=O) groups is 1. The molecule has 0 saturated carbocycles. The molecule has 0 bridgehead atoms. The Bertz CT molecular complexity index is 664. The SMILES string of the molecule is CSc1ccccc1-c1ccc(=O)n(CC(=O)O)c1. The fraction of sp³-hybridized carbons (Fsp3) is 0.143. The molecule has 0 spiro atoms. The van der Waals surface area contributed by atoms with Crippen molar-refractivity contribution >= 4 is 17.7 Å². The summed E-state index contributed by atoms with van der Waals surface area (Å²) < 4.78 is 1.20. The molecule has 0 aliphatic heterocycles. The summed E-state index contributed by atoms with van der Waals surface area (Å²) in [7, 11) is 0. The molecule has 1 heterocycles. The Labute approximate surface area is 114 Å². The number of aromatic nitrogens is 1. The van der Waals surface area contributed by atoms with Crippen molar-refractivity contribution in [2.45, 2.75) is 11.4 Å². The van der Waals surface area contributed by atoms with E-state index in [2.05, 4.69) is 0 Å². The highest BCUT2D eigenvalue weighted by atomic mass is 32.2. The molecular weight excluding hydrogens is 262 g/mol. The molecule has 0 aliphatic rings. The lowest BCUT2D eigenvalue weighted by molar-refractivity contribution is -0.137. The summed E-state index contributed by atoms with van der Waals surface area (Å²) in [5.41, 5.74) is 1.52. The lowest BCUT2D eigenvalue weighted by atomic mass is 10.1. The number of thioether (sulfide) groups is 1. The molecule has 19 heavy (non-hydrogen) atoms. The summed E-state index contributed by atoms with van der Waals surface area (Å²) in [6, 6.07) is 10.9. The molecule has 1 aromatic carbocycles. The summed E-state index contributed by atoms with van der Waals surface area (Å²) in [5, 5.41) is 8.79. The van der Waals surface area contributed by atoms with E-state index >= 15 is 0 Å². The fourth-order valence-corrected chi connectivity index (χ4v) is 2.46. The van der Waals surface area contributed by atoms with Crippen LogP contribution in [0.15, 0.2) is 52.3 Å². The first-order valence-corrected chi connectivity index (χ1v) is 6.90. The second kappa shape index (κ2) is 5.75. The van der Waals surface area contributed by atoms with E-state index in [9.17, 15) is 9.59 Å². The van der Waals surface area contributed by atoms with Crippen LogP contribution in [0, 0.1) is 0 Å². The van der Waals surface area contributed by atoms with Crippen LogP contribution in [0.2, 0.25) is 0 Å². The predicted molar refractivity (Wildman–Crippen MR) is 75.6 cm³/mol. The number of carboxylic acid groups (broad SMARTS) is 1. The van der Waals surface area contributed by atoms with Crippen molar-refractivity contribution in [3.63, 3.8) is 0 Å². The van der Waals surface area contributed by atoms with Gasteiger partial charge in [-0.15, -0.1) is 11.8 Å². The number of aliphatic carboxylic acids is 1. The molecule has 5 heteroatoms. The topological polar surface area (TPSA) is 59.3 Å². The molecule has 0 aliphatic carbocycles. The van der Waals surface area contributed by atoms with Crippen molar-refractivity contribution in [3.8, 4) is 11.1 Å². The lowest BCUT2D eigenvalue weighted by Gasteiger charge is -2.09.